The molecule has 1 aromatic carbocycles. The average molecular weight is 384 g/mol. The lowest BCUT2D eigenvalue weighted by Gasteiger charge is -2.22. The average Bonchev–Trinajstić information content (AvgIpc) is 3.50. The standard InChI is InChI=1S/C20H24N4O4/c25-18(14-7-8-14)22-9-4-10-23(12-11-22)19(26)16-13-17(20(27)28)24(21-16)15-5-2-1-3-6-15/h1-3,5-6,14,17H,4,7-13H2,(H,27,28). The topological polar surface area (TPSA) is 93.5 Å². The van der Waals surface area contributed by atoms with Gasteiger partial charge in [-0.1, -0.05) is 18.2 Å². The van der Waals surface area contributed by atoms with Gasteiger partial charge >= 0.3 is 5.97 Å². The Morgan fingerprint density at radius 2 is 1.64 bits per heavy atom. The first-order valence-electron chi connectivity index (χ1n) is 9.77. The van der Waals surface area contributed by atoms with Gasteiger partial charge in [0, 0.05) is 38.5 Å². The number of carboxylic acids is 1. The summed E-state index contributed by atoms with van der Waals surface area (Å²) in [4.78, 5) is 40.5. The van der Waals surface area contributed by atoms with Gasteiger partial charge in [-0.05, 0) is 31.4 Å². The normalized spacial score (nSPS) is 22.6. The number of carbonyl (C=O) groups is 3. The molecule has 1 aliphatic carbocycles. The molecule has 8 heteroatoms. The van der Waals surface area contributed by atoms with E-state index in [9.17, 15) is 19.5 Å². The summed E-state index contributed by atoms with van der Waals surface area (Å²) in [5.41, 5.74) is 0.910. The highest BCUT2D eigenvalue weighted by Gasteiger charge is 2.38. The number of hydrogen-bond donors (Lipinski definition) is 1. The third-order valence-electron chi connectivity index (χ3n) is 5.48. The number of hydrogen-bond acceptors (Lipinski definition) is 5. The fourth-order valence-electron chi connectivity index (χ4n) is 3.76. The molecule has 0 spiro atoms. The van der Waals surface area contributed by atoms with E-state index in [2.05, 4.69) is 5.10 Å². The Labute approximate surface area is 163 Å². The second kappa shape index (κ2) is 7.61. The molecule has 28 heavy (non-hydrogen) atoms. The predicted octanol–water partition coefficient (Wildman–Crippen LogP) is 1.18. The molecule has 1 unspecified atom stereocenters. The van der Waals surface area contributed by atoms with Crippen LogP contribution in [0.1, 0.15) is 25.7 Å². The molecule has 0 radical (unpaired) electrons. The lowest BCUT2D eigenvalue weighted by Crippen LogP contribution is -2.41. The van der Waals surface area contributed by atoms with Crippen molar-refractivity contribution < 1.29 is 19.5 Å². The summed E-state index contributed by atoms with van der Waals surface area (Å²) in [5, 5.41) is 15.3. The maximum absolute atomic E-state index is 13.0. The van der Waals surface area contributed by atoms with Crippen molar-refractivity contribution in [3.05, 3.63) is 30.3 Å². The van der Waals surface area contributed by atoms with Crippen molar-refractivity contribution in [2.24, 2.45) is 11.0 Å². The molecule has 4 rings (SSSR count). The number of aliphatic carboxylic acids is 1. The van der Waals surface area contributed by atoms with Crippen LogP contribution >= 0.6 is 0 Å². The van der Waals surface area contributed by atoms with Crippen molar-refractivity contribution in [2.45, 2.75) is 31.7 Å². The number of benzene rings is 1. The Kier molecular flexibility index (Phi) is 5.02. The molecule has 2 amide bonds. The monoisotopic (exact) mass is 384 g/mol. The number of rotatable bonds is 4. The number of anilines is 1. The molecule has 1 atom stereocenters. The number of amides is 2. The highest BCUT2D eigenvalue weighted by molar-refractivity contribution is 6.40. The van der Waals surface area contributed by atoms with Crippen molar-refractivity contribution in [3.63, 3.8) is 0 Å². The largest absolute Gasteiger partial charge is 0.480 e. The van der Waals surface area contributed by atoms with E-state index in [1.165, 1.54) is 5.01 Å². The molecule has 1 N–H and O–H groups in total. The van der Waals surface area contributed by atoms with Crippen LogP contribution in [0.2, 0.25) is 0 Å². The molecule has 8 nitrogen and oxygen atoms in total. The van der Waals surface area contributed by atoms with Crippen LogP contribution in [0, 0.1) is 5.92 Å². The van der Waals surface area contributed by atoms with Crippen LogP contribution in [-0.2, 0) is 14.4 Å². The van der Waals surface area contributed by atoms with Crippen LogP contribution in [0.15, 0.2) is 35.4 Å². The lowest BCUT2D eigenvalue weighted by molar-refractivity contribution is -0.138. The Morgan fingerprint density at radius 3 is 2.32 bits per heavy atom. The second-order valence-corrected chi connectivity index (χ2v) is 7.53. The van der Waals surface area contributed by atoms with Gasteiger partial charge in [0.25, 0.3) is 5.91 Å². The molecule has 148 valence electrons. The first-order chi connectivity index (χ1) is 13.5. The maximum atomic E-state index is 13.0. The number of carboxylic acid groups (broad SMARTS) is 1. The Morgan fingerprint density at radius 1 is 0.964 bits per heavy atom. The summed E-state index contributed by atoms with van der Waals surface area (Å²) in [6, 6.07) is 8.13. The maximum Gasteiger partial charge on any atom is 0.328 e. The third kappa shape index (κ3) is 3.72. The number of para-hydroxylation sites is 1. The molecule has 0 bridgehead atoms. The highest BCUT2D eigenvalue weighted by Crippen LogP contribution is 2.31. The summed E-state index contributed by atoms with van der Waals surface area (Å²) >= 11 is 0. The van der Waals surface area contributed by atoms with E-state index >= 15 is 0 Å². The van der Waals surface area contributed by atoms with Crippen molar-refractivity contribution in [1.82, 2.24) is 9.80 Å². The molecule has 0 aromatic heterocycles. The van der Waals surface area contributed by atoms with E-state index in [0.29, 0.717) is 31.9 Å². The molecular weight excluding hydrogens is 360 g/mol. The zero-order valence-electron chi connectivity index (χ0n) is 15.7. The summed E-state index contributed by atoms with van der Waals surface area (Å²) in [6.45, 7) is 2.20. The van der Waals surface area contributed by atoms with E-state index in [0.717, 1.165) is 19.3 Å². The van der Waals surface area contributed by atoms with Gasteiger partial charge in [-0.2, -0.15) is 5.10 Å². The minimum atomic E-state index is -1.01. The van der Waals surface area contributed by atoms with Crippen molar-refractivity contribution in [1.29, 1.82) is 0 Å². The third-order valence-corrected chi connectivity index (χ3v) is 5.48. The van der Waals surface area contributed by atoms with E-state index in [-0.39, 0.29) is 29.9 Å². The van der Waals surface area contributed by atoms with Crippen LogP contribution in [0.5, 0.6) is 0 Å². The summed E-state index contributed by atoms with van der Waals surface area (Å²) in [6.07, 6.45) is 2.74. The van der Waals surface area contributed by atoms with Crippen LogP contribution in [-0.4, -0.2) is 70.6 Å². The van der Waals surface area contributed by atoms with Crippen molar-refractivity contribution in [2.75, 3.05) is 31.2 Å². The molecular formula is C20H24N4O4. The molecule has 2 aliphatic heterocycles. The van der Waals surface area contributed by atoms with Crippen LogP contribution in [0.25, 0.3) is 0 Å². The minimum Gasteiger partial charge on any atom is -0.480 e. The Bertz CT molecular complexity index is 806. The Hall–Kier alpha value is -2.90. The van der Waals surface area contributed by atoms with Gasteiger partial charge in [0.1, 0.15) is 5.71 Å². The van der Waals surface area contributed by atoms with E-state index < -0.39 is 12.0 Å². The zero-order valence-corrected chi connectivity index (χ0v) is 15.7. The summed E-state index contributed by atoms with van der Waals surface area (Å²) < 4.78 is 0. The second-order valence-electron chi connectivity index (χ2n) is 7.53. The van der Waals surface area contributed by atoms with Gasteiger partial charge in [0.2, 0.25) is 5.91 Å². The molecule has 1 saturated carbocycles. The predicted molar refractivity (Wildman–Crippen MR) is 103 cm³/mol. The van der Waals surface area contributed by atoms with E-state index in [4.69, 9.17) is 0 Å². The minimum absolute atomic E-state index is 0.0737. The SMILES string of the molecule is O=C(O)C1CC(C(=O)N2CCCN(C(=O)C3CC3)CC2)=NN1c1ccccc1. The van der Waals surface area contributed by atoms with Crippen LogP contribution in [0.4, 0.5) is 5.69 Å². The smallest absolute Gasteiger partial charge is 0.328 e. The zero-order chi connectivity index (χ0) is 19.7. The van der Waals surface area contributed by atoms with E-state index in [1.807, 2.05) is 23.1 Å². The number of nitrogens with zero attached hydrogens (tertiary/aromatic N) is 4. The quantitative estimate of drug-likeness (QED) is 0.841. The molecule has 2 fully saturated rings. The fraction of sp³-hybridized carbons (Fsp3) is 0.500. The van der Waals surface area contributed by atoms with Gasteiger partial charge < -0.3 is 14.9 Å². The van der Waals surface area contributed by atoms with Crippen LogP contribution < -0.4 is 5.01 Å². The number of hydrazone groups is 1. The van der Waals surface area contributed by atoms with Gasteiger partial charge in [0.05, 0.1) is 5.69 Å². The first kappa shape index (κ1) is 18.5. The number of carbonyl (C=O) groups excluding carboxylic acids is 2. The van der Waals surface area contributed by atoms with Gasteiger partial charge in [-0.25, -0.2) is 4.79 Å². The molecule has 2 heterocycles. The van der Waals surface area contributed by atoms with Crippen molar-refractivity contribution in [3.8, 4) is 0 Å². The summed E-state index contributed by atoms with van der Waals surface area (Å²) in [7, 11) is 0. The first-order valence-corrected chi connectivity index (χ1v) is 9.77. The van der Waals surface area contributed by atoms with Crippen LogP contribution in [0.3, 0.4) is 0 Å². The van der Waals surface area contributed by atoms with E-state index in [1.54, 1.807) is 17.0 Å². The van der Waals surface area contributed by atoms with Gasteiger partial charge in [-0.15, -0.1) is 0 Å². The molecule has 3 aliphatic rings. The lowest BCUT2D eigenvalue weighted by atomic mass is 10.1. The van der Waals surface area contributed by atoms with Gasteiger partial charge in [-0.3, -0.25) is 14.6 Å². The fourth-order valence-corrected chi connectivity index (χ4v) is 3.76. The summed E-state index contributed by atoms with van der Waals surface area (Å²) in [5.74, 6) is -0.858. The molecule has 1 saturated heterocycles. The van der Waals surface area contributed by atoms with Crippen molar-refractivity contribution >= 4 is 29.2 Å². The van der Waals surface area contributed by atoms with Gasteiger partial charge in [0.15, 0.2) is 6.04 Å². The Balaban J connectivity index is 1.46. The molecule has 1 aromatic rings. The highest BCUT2D eigenvalue weighted by atomic mass is 16.4.